The van der Waals surface area contributed by atoms with E-state index in [2.05, 4.69) is 15.1 Å². The van der Waals surface area contributed by atoms with Crippen LogP contribution in [0, 0.1) is 5.41 Å². The topological polar surface area (TPSA) is 72.9 Å². The van der Waals surface area contributed by atoms with E-state index >= 15 is 0 Å². The Bertz CT molecular complexity index is 727. The maximum Gasteiger partial charge on any atom is 0.230 e. The third-order valence-electron chi connectivity index (χ3n) is 6.78. The van der Waals surface area contributed by atoms with Crippen molar-refractivity contribution < 1.29 is 14.7 Å². The standard InChI is InChI=1S/C22H31N3O3/c1-16(26)23-17-3-5-18(6-4-17)24-13-2-11-22(15-24)12-14-25(21(22)28)19-7-9-20(27)10-8-19/h3-6,19-20,27H,2,7-15H2,1H3,(H,23,26)/t19-,20-,22?. The average molecular weight is 386 g/mol. The highest BCUT2D eigenvalue weighted by Gasteiger charge is 2.50. The summed E-state index contributed by atoms with van der Waals surface area (Å²) in [5, 5.41) is 12.6. The first-order chi connectivity index (χ1) is 13.5. The Kier molecular flexibility index (Phi) is 5.32. The first-order valence-corrected chi connectivity index (χ1v) is 10.6. The van der Waals surface area contributed by atoms with Crippen molar-refractivity contribution in [2.45, 2.75) is 64.0 Å². The number of nitrogens with one attached hydrogen (secondary N) is 1. The molecule has 0 aromatic heterocycles. The Morgan fingerprint density at radius 2 is 1.82 bits per heavy atom. The summed E-state index contributed by atoms with van der Waals surface area (Å²) in [6.07, 6.45) is 6.23. The molecule has 4 rings (SSSR count). The number of rotatable bonds is 3. The van der Waals surface area contributed by atoms with Crippen LogP contribution in [0.4, 0.5) is 11.4 Å². The van der Waals surface area contributed by atoms with Crippen molar-refractivity contribution in [2.75, 3.05) is 29.9 Å². The number of hydrogen-bond donors (Lipinski definition) is 2. The van der Waals surface area contributed by atoms with E-state index in [1.165, 1.54) is 6.92 Å². The Hall–Kier alpha value is -2.08. The van der Waals surface area contributed by atoms with Gasteiger partial charge in [0, 0.05) is 44.0 Å². The van der Waals surface area contributed by atoms with Crippen molar-refractivity contribution in [3.05, 3.63) is 24.3 Å². The lowest BCUT2D eigenvalue weighted by molar-refractivity contribution is -0.139. The van der Waals surface area contributed by atoms with E-state index in [1.54, 1.807) is 0 Å². The van der Waals surface area contributed by atoms with Crippen LogP contribution >= 0.6 is 0 Å². The van der Waals surface area contributed by atoms with Gasteiger partial charge in [-0.15, -0.1) is 0 Å². The number of carbonyl (C=O) groups excluding carboxylic acids is 2. The maximum absolute atomic E-state index is 13.4. The fraction of sp³-hybridized carbons (Fsp3) is 0.636. The molecule has 1 unspecified atom stereocenters. The molecule has 0 bridgehead atoms. The van der Waals surface area contributed by atoms with Gasteiger partial charge in [-0.25, -0.2) is 0 Å². The summed E-state index contributed by atoms with van der Waals surface area (Å²) in [6.45, 7) is 4.10. The molecular formula is C22H31N3O3. The molecule has 152 valence electrons. The Morgan fingerprint density at radius 1 is 1.11 bits per heavy atom. The van der Waals surface area contributed by atoms with Crippen LogP contribution in [0.25, 0.3) is 0 Å². The number of benzene rings is 1. The lowest BCUT2D eigenvalue weighted by atomic mass is 9.78. The fourth-order valence-corrected chi connectivity index (χ4v) is 5.26. The zero-order valence-corrected chi connectivity index (χ0v) is 16.7. The summed E-state index contributed by atoms with van der Waals surface area (Å²) in [5.41, 5.74) is 1.65. The molecule has 2 N–H and O–H groups in total. The molecule has 2 aliphatic heterocycles. The second kappa shape index (κ2) is 7.74. The van der Waals surface area contributed by atoms with Gasteiger partial charge in [-0.2, -0.15) is 0 Å². The van der Waals surface area contributed by atoms with E-state index in [-0.39, 0.29) is 17.4 Å². The molecule has 3 aliphatic rings. The van der Waals surface area contributed by atoms with Crippen LogP contribution in [0.1, 0.15) is 51.9 Å². The number of anilines is 2. The van der Waals surface area contributed by atoms with Gasteiger partial charge in [0.1, 0.15) is 0 Å². The summed E-state index contributed by atoms with van der Waals surface area (Å²) < 4.78 is 0. The van der Waals surface area contributed by atoms with Crippen molar-refractivity contribution in [1.29, 1.82) is 0 Å². The number of aliphatic hydroxyl groups is 1. The summed E-state index contributed by atoms with van der Waals surface area (Å²) >= 11 is 0. The van der Waals surface area contributed by atoms with Gasteiger partial charge in [0.2, 0.25) is 11.8 Å². The molecule has 1 atom stereocenters. The molecule has 1 aliphatic carbocycles. The van der Waals surface area contributed by atoms with E-state index in [4.69, 9.17) is 0 Å². The van der Waals surface area contributed by atoms with Gasteiger partial charge in [-0.05, 0) is 69.2 Å². The Morgan fingerprint density at radius 3 is 2.50 bits per heavy atom. The van der Waals surface area contributed by atoms with E-state index < -0.39 is 0 Å². The number of amides is 2. The van der Waals surface area contributed by atoms with Crippen molar-refractivity contribution in [2.24, 2.45) is 5.41 Å². The predicted octanol–water partition coefficient (Wildman–Crippen LogP) is 2.77. The molecular weight excluding hydrogens is 354 g/mol. The van der Waals surface area contributed by atoms with Crippen LogP contribution < -0.4 is 10.2 Å². The molecule has 6 heteroatoms. The van der Waals surface area contributed by atoms with Gasteiger partial charge in [0.05, 0.1) is 11.5 Å². The SMILES string of the molecule is CC(=O)Nc1ccc(N2CCCC3(CCN([C@H]4CC[C@H](O)CC4)C3=O)C2)cc1. The van der Waals surface area contributed by atoms with E-state index in [9.17, 15) is 14.7 Å². The predicted molar refractivity (Wildman–Crippen MR) is 109 cm³/mol. The molecule has 3 fully saturated rings. The van der Waals surface area contributed by atoms with Crippen LogP contribution in [0.15, 0.2) is 24.3 Å². The minimum Gasteiger partial charge on any atom is -0.393 e. The third-order valence-corrected chi connectivity index (χ3v) is 6.78. The van der Waals surface area contributed by atoms with Crippen molar-refractivity contribution in [1.82, 2.24) is 4.90 Å². The Labute approximate surface area is 166 Å². The van der Waals surface area contributed by atoms with Crippen LogP contribution in [0.2, 0.25) is 0 Å². The molecule has 1 spiro atoms. The lowest BCUT2D eigenvalue weighted by Crippen LogP contribution is -2.50. The van der Waals surface area contributed by atoms with Crippen LogP contribution in [0.5, 0.6) is 0 Å². The number of aliphatic hydroxyl groups excluding tert-OH is 1. The molecule has 0 radical (unpaired) electrons. The van der Waals surface area contributed by atoms with Crippen LogP contribution in [-0.2, 0) is 9.59 Å². The highest BCUT2D eigenvalue weighted by atomic mass is 16.3. The van der Waals surface area contributed by atoms with E-state index in [0.717, 1.165) is 76.0 Å². The molecule has 1 aromatic carbocycles. The first-order valence-electron chi connectivity index (χ1n) is 10.6. The zero-order chi connectivity index (χ0) is 19.7. The Balaban J connectivity index is 1.44. The van der Waals surface area contributed by atoms with Crippen molar-refractivity contribution in [3.63, 3.8) is 0 Å². The normalized spacial score (nSPS) is 30.7. The second-order valence-corrected chi connectivity index (χ2v) is 8.74. The number of hydrogen-bond acceptors (Lipinski definition) is 4. The third kappa shape index (κ3) is 3.75. The van der Waals surface area contributed by atoms with Crippen molar-refractivity contribution >= 4 is 23.2 Å². The quantitative estimate of drug-likeness (QED) is 0.839. The van der Waals surface area contributed by atoms with E-state index in [0.29, 0.717) is 11.9 Å². The van der Waals surface area contributed by atoms with Crippen LogP contribution in [0.3, 0.4) is 0 Å². The highest BCUT2D eigenvalue weighted by molar-refractivity contribution is 5.89. The molecule has 1 saturated carbocycles. The van der Waals surface area contributed by atoms with Crippen molar-refractivity contribution in [3.8, 4) is 0 Å². The number of likely N-dealkylation sites (tertiary alicyclic amines) is 1. The van der Waals surface area contributed by atoms with Crippen LogP contribution in [-0.4, -0.2) is 53.6 Å². The minimum atomic E-state index is -0.259. The van der Waals surface area contributed by atoms with E-state index in [1.807, 2.05) is 24.3 Å². The molecule has 6 nitrogen and oxygen atoms in total. The summed E-state index contributed by atoms with van der Waals surface area (Å²) in [7, 11) is 0. The molecule has 2 saturated heterocycles. The van der Waals surface area contributed by atoms with Gasteiger partial charge in [0.25, 0.3) is 0 Å². The fourth-order valence-electron chi connectivity index (χ4n) is 5.26. The first kappa shape index (κ1) is 19.2. The summed E-state index contributed by atoms with van der Waals surface area (Å²) in [5.74, 6) is 0.255. The lowest BCUT2D eigenvalue weighted by Gasteiger charge is -2.41. The largest absolute Gasteiger partial charge is 0.393 e. The molecule has 28 heavy (non-hydrogen) atoms. The van der Waals surface area contributed by atoms with Gasteiger partial charge in [0.15, 0.2) is 0 Å². The van der Waals surface area contributed by atoms with Gasteiger partial charge in [-0.3, -0.25) is 9.59 Å². The second-order valence-electron chi connectivity index (χ2n) is 8.74. The summed E-state index contributed by atoms with van der Waals surface area (Å²) in [4.78, 5) is 29.1. The zero-order valence-electron chi connectivity index (χ0n) is 16.7. The maximum atomic E-state index is 13.4. The minimum absolute atomic E-state index is 0.0726. The number of piperidine rings is 1. The average Bonchev–Trinajstić information content (AvgIpc) is 2.98. The molecule has 2 amide bonds. The monoisotopic (exact) mass is 385 g/mol. The smallest absolute Gasteiger partial charge is 0.230 e. The highest BCUT2D eigenvalue weighted by Crippen LogP contribution is 2.43. The van der Waals surface area contributed by atoms with Gasteiger partial charge in [-0.1, -0.05) is 0 Å². The summed E-state index contributed by atoms with van der Waals surface area (Å²) in [6, 6.07) is 8.22. The number of carbonyl (C=O) groups is 2. The van der Waals surface area contributed by atoms with Gasteiger partial charge < -0.3 is 20.2 Å². The van der Waals surface area contributed by atoms with Gasteiger partial charge >= 0.3 is 0 Å². The number of nitrogens with zero attached hydrogens (tertiary/aromatic N) is 2. The molecule has 2 heterocycles. The molecule has 1 aromatic rings.